The summed E-state index contributed by atoms with van der Waals surface area (Å²) in [6.45, 7) is 4.11. The number of carbonyl (C=O) groups is 1. The summed E-state index contributed by atoms with van der Waals surface area (Å²) < 4.78 is 10.8. The van der Waals surface area contributed by atoms with Gasteiger partial charge in [-0.1, -0.05) is 48.5 Å². The van der Waals surface area contributed by atoms with Crippen LogP contribution in [0.25, 0.3) is 0 Å². The molecule has 0 spiro atoms. The van der Waals surface area contributed by atoms with Crippen LogP contribution in [-0.4, -0.2) is 50.8 Å². The number of amides is 1. The topological polar surface area (TPSA) is 50.8 Å². The first-order valence-electron chi connectivity index (χ1n) is 9.52. The molecule has 2 aromatic rings. The van der Waals surface area contributed by atoms with Gasteiger partial charge in [0.1, 0.15) is 5.75 Å². The number of methoxy groups -OCH3 is 1. The zero-order valence-electron chi connectivity index (χ0n) is 15.9. The van der Waals surface area contributed by atoms with Gasteiger partial charge in [-0.3, -0.25) is 9.69 Å². The highest BCUT2D eigenvalue weighted by atomic mass is 16.5. The molecule has 0 bridgehead atoms. The van der Waals surface area contributed by atoms with E-state index < -0.39 is 0 Å². The molecule has 1 aliphatic rings. The number of nitrogens with zero attached hydrogens (tertiary/aromatic N) is 1. The third kappa shape index (κ3) is 5.81. The van der Waals surface area contributed by atoms with Crippen molar-refractivity contribution in [1.82, 2.24) is 10.2 Å². The SMILES string of the molecule is COc1ccccc1CCC(=O)NC(CN1CCOCC1)c1ccccc1. The van der Waals surface area contributed by atoms with E-state index in [2.05, 4.69) is 22.3 Å². The molecule has 5 nitrogen and oxygen atoms in total. The van der Waals surface area contributed by atoms with E-state index in [-0.39, 0.29) is 11.9 Å². The van der Waals surface area contributed by atoms with Gasteiger partial charge in [0.2, 0.25) is 5.91 Å². The number of ether oxygens (including phenoxy) is 2. The Morgan fingerprint density at radius 3 is 2.56 bits per heavy atom. The van der Waals surface area contributed by atoms with Gasteiger partial charge in [-0.25, -0.2) is 0 Å². The van der Waals surface area contributed by atoms with Crippen molar-refractivity contribution in [2.75, 3.05) is 40.0 Å². The molecule has 0 aromatic heterocycles. The Morgan fingerprint density at radius 1 is 1.11 bits per heavy atom. The molecule has 1 aliphatic heterocycles. The van der Waals surface area contributed by atoms with Gasteiger partial charge in [-0.05, 0) is 23.6 Å². The number of carbonyl (C=O) groups excluding carboxylic acids is 1. The van der Waals surface area contributed by atoms with Crippen molar-refractivity contribution < 1.29 is 14.3 Å². The number of hydrogen-bond acceptors (Lipinski definition) is 4. The lowest BCUT2D eigenvalue weighted by molar-refractivity contribution is -0.122. The van der Waals surface area contributed by atoms with Crippen LogP contribution in [0.5, 0.6) is 5.75 Å². The van der Waals surface area contributed by atoms with Gasteiger partial charge < -0.3 is 14.8 Å². The van der Waals surface area contributed by atoms with Crippen molar-refractivity contribution in [3.8, 4) is 5.75 Å². The molecule has 1 N–H and O–H groups in total. The second kappa shape index (κ2) is 10.1. The number of para-hydroxylation sites is 1. The fraction of sp³-hybridized carbons (Fsp3) is 0.409. The van der Waals surface area contributed by atoms with E-state index in [1.165, 1.54) is 0 Å². The Bertz CT molecular complexity index is 715. The zero-order chi connectivity index (χ0) is 18.9. The monoisotopic (exact) mass is 368 g/mol. The lowest BCUT2D eigenvalue weighted by Crippen LogP contribution is -2.43. The van der Waals surface area contributed by atoms with Crippen LogP contribution in [0.2, 0.25) is 0 Å². The third-order valence-corrected chi connectivity index (χ3v) is 4.90. The van der Waals surface area contributed by atoms with Crippen molar-refractivity contribution >= 4 is 5.91 Å². The lowest BCUT2D eigenvalue weighted by atomic mass is 10.0. The minimum Gasteiger partial charge on any atom is -0.496 e. The van der Waals surface area contributed by atoms with Crippen molar-refractivity contribution in [1.29, 1.82) is 0 Å². The molecule has 144 valence electrons. The Hall–Kier alpha value is -2.37. The van der Waals surface area contributed by atoms with Gasteiger partial charge in [-0.15, -0.1) is 0 Å². The van der Waals surface area contributed by atoms with Gasteiger partial charge >= 0.3 is 0 Å². The van der Waals surface area contributed by atoms with Crippen molar-refractivity contribution in [2.24, 2.45) is 0 Å². The average Bonchev–Trinajstić information content (AvgIpc) is 2.73. The number of benzene rings is 2. The van der Waals surface area contributed by atoms with Crippen molar-refractivity contribution in [2.45, 2.75) is 18.9 Å². The average molecular weight is 368 g/mol. The summed E-state index contributed by atoms with van der Waals surface area (Å²) in [6, 6.07) is 18.0. The Morgan fingerprint density at radius 2 is 1.81 bits per heavy atom. The summed E-state index contributed by atoms with van der Waals surface area (Å²) in [5.74, 6) is 0.890. The predicted octanol–water partition coefficient (Wildman–Crippen LogP) is 2.82. The van der Waals surface area contributed by atoms with E-state index in [4.69, 9.17) is 9.47 Å². The van der Waals surface area contributed by atoms with Gasteiger partial charge in [0.15, 0.2) is 0 Å². The van der Waals surface area contributed by atoms with Crippen LogP contribution in [-0.2, 0) is 16.0 Å². The molecule has 1 unspecified atom stereocenters. The van der Waals surface area contributed by atoms with Crippen LogP contribution < -0.4 is 10.1 Å². The minimum atomic E-state index is -0.0190. The number of morpholine rings is 1. The number of hydrogen-bond donors (Lipinski definition) is 1. The maximum absolute atomic E-state index is 12.6. The van der Waals surface area contributed by atoms with E-state index in [0.717, 1.165) is 49.7 Å². The molecule has 1 saturated heterocycles. The molecule has 0 aliphatic carbocycles. The summed E-state index contributed by atoms with van der Waals surface area (Å²) in [5.41, 5.74) is 2.19. The summed E-state index contributed by atoms with van der Waals surface area (Å²) >= 11 is 0. The van der Waals surface area contributed by atoms with Crippen LogP contribution in [0.3, 0.4) is 0 Å². The van der Waals surface area contributed by atoms with Gasteiger partial charge in [0, 0.05) is 26.1 Å². The van der Waals surface area contributed by atoms with E-state index in [1.54, 1.807) is 7.11 Å². The molecule has 1 atom stereocenters. The fourth-order valence-electron chi connectivity index (χ4n) is 3.39. The molecular formula is C22H28N2O3. The second-order valence-corrected chi connectivity index (χ2v) is 6.76. The molecule has 1 amide bonds. The van der Waals surface area contributed by atoms with Crippen LogP contribution in [0.1, 0.15) is 23.6 Å². The van der Waals surface area contributed by atoms with E-state index in [0.29, 0.717) is 12.8 Å². The largest absolute Gasteiger partial charge is 0.496 e. The summed E-state index contributed by atoms with van der Waals surface area (Å²) in [4.78, 5) is 15.0. The van der Waals surface area contributed by atoms with Gasteiger partial charge in [0.05, 0.1) is 26.4 Å². The second-order valence-electron chi connectivity index (χ2n) is 6.76. The summed E-state index contributed by atoms with van der Waals surface area (Å²) in [6.07, 6.45) is 1.10. The highest BCUT2D eigenvalue weighted by Crippen LogP contribution is 2.20. The molecule has 2 aromatic carbocycles. The molecular weight excluding hydrogens is 340 g/mol. The molecule has 5 heteroatoms. The number of rotatable bonds is 8. The van der Waals surface area contributed by atoms with Gasteiger partial charge in [-0.2, -0.15) is 0 Å². The lowest BCUT2D eigenvalue weighted by Gasteiger charge is -2.31. The highest BCUT2D eigenvalue weighted by molar-refractivity contribution is 5.76. The van der Waals surface area contributed by atoms with Crippen LogP contribution in [0.15, 0.2) is 54.6 Å². The Kier molecular flexibility index (Phi) is 7.25. The quantitative estimate of drug-likeness (QED) is 0.778. The first-order valence-corrected chi connectivity index (χ1v) is 9.52. The van der Waals surface area contributed by atoms with E-state index in [9.17, 15) is 4.79 Å². The van der Waals surface area contributed by atoms with Crippen LogP contribution in [0.4, 0.5) is 0 Å². The van der Waals surface area contributed by atoms with E-state index >= 15 is 0 Å². The Labute approximate surface area is 161 Å². The first-order chi connectivity index (χ1) is 13.3. The van der Waals surface area contributed by atoms with E-state index in [1.807, 2.05) is 42.5 Å². The number of aryl methyl sites for hydroxylation is 1. The first kappa shape index (κ1) is 19.4. The minimum absolute atomic E-state index is 0.0190. The zero-order valence-corrected chi connectivity index (χ0v) is 15.9. The molecule has 27 heavy (non-hydrogen) atoms. The number of nitrogens with one attached hydrogen (secondary N) is 1. The maximum atomic E-state index is 12.6. The normalized spacial score (nSPS) is 15.9. The molecule has 1 heterocycles. The van der Waals surface area contributed by atoms with Crippen molar-refractivity contribution in [3.05, 3.63) is 65.7 Å². The highest BCUT2D eigenvalue weighted by Gasteiger charge is 2.20. The fourth-order valence-corrected chi connectivity index (χ4v) is 3.39. The predicted molar refractivity (Wildman–Crippen MR) is 106 cm³/mol. The summed E-state index contributed by atoms with van der Waals surface area (Å²) in [5, 5.41) is 3.23. The molecule has 1 fully saturated rings. The standard InChI is InChI=1S/C22H28N2O3/c1-26-21-10-6-5-9-19(21)11-12-22(25)23-20(18-7-3-2-4-8-18)17-24-13-15-27-16-14-24/h2-10,20H,11-17H2,1H3,(H,23,25). The molecule has 3 rings (SSSR count). The smallest absolute Gasteiger partial charge is 0.220 e. The van der Waals surface area contributed by atoms with Gasteiger partial charge in [0.25, 0.3) is 0 Å². The summed E-state index contributed by atoms with van der Waals surface area (Å²) in [7, 11) is 1.66. The van der Waals surface area contributed by atoms with Crippen molar-refractivity contribution in [3.63, 3.8) is 0 Å². The maximum Gasteiger partial charge on any atom is 0.220 e. The molecule has 0 saturated carbocycles. The third-order valence-electron chi connectivity index (χ3n) is 4.90. The molecule has 0 radical (unpaired) electrons. The Balaban J connectivity index is 1.61. The van der Waals surface area contributed by atoms with Crippen LogP contribution in [0, 0.1) is 0 Å². The van der Waals surface area contributed by atoms with Crippen LogP contribution >= 0.6 is 0 Å².